The van der Waals surface area contributed by atoms with E-state index in [1.807, 2.05) is 28.8 Å². The number of hydrogen-bond acceptors (Lipinski definition) is 2. The Labute approximate surface area is 170 Å². The van der Waals surface area contributed by atoms with E-state index in [-0.39, 0.29) is 0 Å². The van der Waals surface area contributed by atoms with Gasteiger partial charge in [-0.05, 0) is 84.6 Å². The van der Waals surface area contributed by atoms with Gasteiger partial charge in [-0.2, -0.15) is 0 Å². The smallest absolute Gasteiger partial charge is 0.119 e. The number of fused-ring (bicyclic) bond motifs is 1. The molecule has 0 spiro atoms. The van der Waals surface area contributed by atoms with Crippen LogP contribution in [0, 0.1) is 5.41 Å². The standard InChI is InChI=1S/C20H25IOS.C2H6/c1-14-17(10-9-15-6-4-7-16(12-15)22-3)18-8-5-11-20(18,2)13-19(14)23-21;1-2/h4,6-7,12H,5,8-11,13H2,1-3H3;1-2H3. The van der Waals surface area contributed by atoms with Crippen LogP contribution in [0.1, 0.15) is 65.4 Å². The molecule has 0 radical (unpaired) electrons. The van der Waals surface area contributed by atoms with Crippen LogP contribution in [0.25, 0.3) is 0 Å². The summed E-state index contributed by atoms with van der Waals surface area (Å²) in [4.78, 5) is 1.60. The molecule has 3 rings (SSSR count). The van der Waals surface area contributed by atoms with Crippen LogP contribution in [-0.2, 0) is 6.42 Å². The van der Waals surface area contributed by atoms with E-state index in [0.29, 0.717) is 5.41 Å². The average Bonchev–Trinajstić information content (AvgIpc) is 3.04. The molecule has 1 saturated carbocycles. The Hall–Kier alpha value is -0.420. The van der Waals surface area contributed by atoms with Crippen LogP contribution < -0.4 is 4.74 Å². The van der Waals surface area contributed by atoms with Crippen LogP contribution in [0.2, 0.25) is 0 Å². The molecule has 3 heteroatoms. The molecule has 1 nitrogen and oxygen atoms in total. The normalized spacial score (nSPS) is 22.5. The molecule has 0 saturated heterocycles. The van der Waals surface area contributed by atoms with Gasteiger partial charge in [-0.1, -0.05) is 47.4 Å². The van der Waals surface area contributed by atoms with E-state index in [2.05, 4.69) is 53.3 Å². The van der Waals surface area contributed by atoms with Crippen molar-refractivity contribution in [2.45, 2.75) is 66.2 Å². The molecule has 2 aliphatic rings. The molecule has 138 valence electrons. The fourth-order valence-electron chi connectivity index (χ4n) is 4.22. The quantitative estimate of drug-likeness (QED) is 0.405. The highest BCUT2D eigenvalue weighted by Crippen LogP contribution is 2.56. The third-order valence-corrected chi connectivity index (χ3v) is 7.79. The lowest BCUT2D eigenvalue weighted by molar-refractivity contribution is 0.402. The molecule has 1 aromatic carbocycles. The maximum atomic E-state index is 5.36. The molecule has 1 unspecified atom stereocenters. The molecule has 0 N–H and O–H groups in total. The first-order valence-corrected chi connectivity index (χ1v) is 12.8. The minimum Gasteiger partial charge on any atom is -0.497 e. The minimum atomic E-state index is 0.427. The third-order valence-electron chi connectivity index (χ3n) is 5.56. The van der Waals surface area contributed by atoms with Crippen LogP contribution in [-0.4, -0.2) is 7.11 Å². The second-order valence-corrected chi connectivity index (χ2v) is 8.99. The van der Waals surface area contributed by atoms with Gasteiger partial charge in [-0.25, -0.2) is 0 Å². The molecule has 1 fully saturated rings. The second-order valence-electron chi connectivity index (χ2n) is 7.02. The van der Waals surface area contributed by atoms with E-state index in [1.165, 1.54) is 31.2 Å². The number of allylic oxidation sites excluding steroid dienone is 4. The van der Waals surface area contributed by atoms with Gasteiger partial charge in [0, 0.05) is 21.2 Å². The first kappa shape index (κ1) is 20.9. The predicted octanol–water partition coefficient (Wildman–Crippen LogP) is 7.90. The zero-order chi connectivity index (χ0) is 18.4. The highest BCUT2D eigenvalue weighted by atomic mass is 127. The number of halogens is 1. The first-order chi connectivity index (χ1) is 12.1. The number of hydrogen-bond donors (Lipinski definition) is 0. The molecular weight excluding hydrogens is 439 g/mol. The Bertz CT molecular complexity index is 662. The minimum absolute atomic E-state index is 0.427. The van der Waals surface area contributed by atoms with Crippen LogP contribution in [0.5, 0.6) is 5.75 Å². The lowest BCUT2D eigenvalue weighted by Gasteiger charge is -2.35. The molecule has 0 aliphatic heterocycles. The Morgan fingerprint density at radius 1 is 1.24 bits per heavy atom. The number of ether oxygens (including phenoxy) is 1. The van der Waals surface area contributed by atoms with Crippen molar-refractivity contribution in [2.75, 3.05) is 7.11 Å². The van der Waals surface area contributed by atoms with Gasteiger partial charge in [0.2, 0.25) is 0 Å². The van der Waals surface area contributed by atoms with Gasteiger partial charge in [-0.15, -0.1) is 0 Å². The van der Waals surface area contributed by atoms with Crippen molar-refractivity contribution in [3.8, 4) is 5.75 Å². The number of benzene rings is 1. The summed E-state index contributed by atoms with van der Waals surface area (Å²) in [6.45, 7) is 8.83. The monoisotopic (exact) mass is 470 g/mol. The molecule has 0 bridgehead atoms. The second kappa shape index (κ2) is 9.50. The van der Waals surface area contributed by atoms with Gasteiger partial charge >= 0.3 is 0 Å². The summed E-state index contributed by atoms with van der Waals surface area (Å²) in [6, 6.07) is 8.52. The highest BCUT2D eigenvalue weighted by Gasteiger charge is 2.39. The molecule has 1 aromatic rings. The van der Waals surface area contributed by atoms with Crippen LogP contribution in [0.15, 0.2) is 45.9 Å². The topological polar surface area (TPSA) is 9.23 Å². The van der Waals surface area contributed by atoms with Gasteiger partial charge in [0.1, 0.15) is 5.75 Å². The lowest BCUT2D eigenvalue weighted by Crippen LogP contribution is -2.21. The van der Waals surface area contributed by atoms with E-state index in [0.717, 1.165) is 18.6 Å². The molecule has 0 aromatic heterocycles. The molecule has 1 atom stereocenters. The molecule has 2 aliphatic carbocycles. The van der Waals surface area contributed by atoms with Crippen molar-refractivity contribution >= 4 is 30.1 Å². The zero-order valence-corrected chi connectivity index (χ0v) is 19.2. The first-order valence-electron chi connectivity index (χ1n) is 9.41. The SMILES string of the molecule is CC.COc1cccc(CCC2=C3CCCC3(C)CC(SI)=C2C)c1. The Balaban J connectivity index is 0.00000109. The van der Waals surface area contributed by atoms with Gasteiger partial charge < -0.3 is 4.74 Å². The van der Waals surface area contributed by atoms with Crippen molar-refractivity contribution in [1.82, 2.24) is 0 Å². The summed E-state index contributed by atoms with van der Waals surface area (Å²) in [5, 5.41) is 0. The zero-order valence-electron chi connectivity index (χ0n) is 16.2. The van der Waals surface area contributed by atoms with Crippen molar-refractivity contribution in [1.29, 1.82) is 0 Å². The molecular formula is C22H31IOS. The van der Waals surface area contributed by atoms with Crippen molar-refractivity contribution in [3.05, 3.63) is 51.5 Å². The van der Waals surface area contributed by atoms with Crippen molar-refractivity contribution in [2.24, 2.45) is 5.41 Å². The van der Waals surface area contributed by atoms with E-state index in [1.54, 1.807) is 28.7 Å². The summed E-state index contributed by atoms with van der Waals surface area (Å²) in [6.07, 6.45) is 7.54. The van der Waals surface area contributed by atoms with E-state index >= 15 is 0 Å². The van der Waals surface area contributed by atoms with Crippen LogP contribution in [0.3, 0.4) is 0 Å². The third kappa shape index (κ3) is 4.65. The number of rotatable bonds is 5. The van der Waals surface area contributed by atoms with Crippen LogP contribution in [0.4, 0.5) is 0 Å². The summed E-state index contributed by atoms with van der Waals surface area (Å²) < 4.78 is 5.36. The summed E-state index contributed by atoms with van der Waals surface area (Å²) >= 11 is 2.46. The fourth-order valence-corrected chi connectivity index (χ4v) is 6.29. The van der Waals surface area contributed by atoms with Gasteiger partial charge in [0.05, 0.1) is 7.11 Å². The van der Waals surface area contributed by atoms with E-state index < -0.39 is 0 Å². The molecule has 25 heavy (non-hydrogen) atoms. The maximum Gasteiger partial charge on any atom is 0.119 e. The summed E-state index contributed by atoms with van der Waals surface area (Å²) in [7, 11) is 3.67. The predicted molar refractivity (Wildman–Crippen MR) is 121 cm³/mol. The van der Waals surface area contributed by atoms with Crippen molar-refractivity contribution < 1.29 is 4.74 Å². The average molecular weight is 470 g/mol. The Kier molecular flexibility index (Phi) is 7.93. The van der Waals surface area contributed by atoms with Crippen LogP contribution >= 0.6 is 30.1 Å². The largest absolute Gasteiger partial charge is 0.497 e. The lowest BCUT2D eigenvalue weighted by atomic mass is 9.72. The van der Waals surface area contributed by atoms with E-state index in [9.17, 15) is 0 Å². The van der Waals surface area contributed by atoms with Crippen molar-refractivity contribution in [3.63, 3.8) is 0 Å². The Morgan fingerprint density at radius 3 is 2.68 bits per heavy atom. The molecule has 0 amide bonds. The van der Waals surface area contributed by atoms with E-state index in [4.69, 9.17) is 4.74 Å². The molecule has 0 heterocycles. The van der Waals surface area contributed by atoms with Gasteiger partial charge in [-0.3, -0.25) is 0 Å². The highest BCUT2D eigenvalue weighted by molar-refractivity contribution is 14.2. The number of aryl methyl sites for hydroxylation is 1. The Morgan fingerprint density at radius 2 is 2.00 bits per heavy atom. The fraction of sp³-hybridized carbons (Fsp3) is 0.545. The summed E-state index contributed by atoms with van der Waals surface area (Å²) in [5.41, 5.74) is 6.77. The maximum absolute atomic E-state index is 5.36. The number of methoxy groups -OCH3 is 1. The summed E-state index contributed by atoms with van der Waals surface area (Å²) in [5.74, 6) is 0.963. The van der Waals surface area contributed by atoms with Gasteiger partial charge in [0.25, 0.3) is 0 Å². The van der Waals surface area contributed by atoms with Gasteiger partial charge in [0.15, 0.2) is 0 Å².